The maximum Gasteiger partial charge on any atom is -0.0106 e. The molecule has 0 aromatic heterocycles. The van der Waals surface area contributed by atoms with Gasteiger partial charge in [-0.15, -0.1) is 0 Å². The van der Waals surface area contributed by atoms with Gasteiger partial charge in [-0.25, -0.2) is 0 Å². The molecule has 0 nitrogen and oxygen atoms in total. The van der Waals surface area contributed by atoms with E-state index in [0.717, 1.165) is 27.1 Å². The van der Waals surface area contributed by atoms with E-state index in [2.05, 4.69) is 0 Å². The van der Waals surface area contributed by atoms with Crippen LogP contribution in [0.5, 0.6) is 0 Å². The van der Waals surface area contributed by atoms with Crippen molar-refractivity contribution in [3.05, 3.63) is 0 Å². The van der Waals surface area contributed by atoms with Crippen LogP contribution in [0.4, 0.5) is 0 Å². The molecule has 19 bridgehead atoms. The van der Waals surface area contributed by atoms with E-state index in [0.29, 0.717) is 0 Å². The van der Waals surface area contributed by atoms with Crippen molar-refractivity contribution in [3.8, 4) is 0 Å². The van der Waals surface area contributed by atoms with Crippen molar-refractivity contribution in [1.82, 2.24) is 0 Å². The highest BCUT2D eigenvalue weighted by molar-refractivity contribution is 5.51. The standard InChI is InChI=1S/C30H36/c1-12-4-21-18-11-28-20-3-13-2-19-16(20)6-17-23-22-5-14-8-27(19,23)30(28,10-13)29(21,9-14)26(22,7-12)24(15(1)18)25(17)28/h12-25H,1-11H2. The molecule has 19 saturated carbocycles. The monoisotopic (exact) mass is 396 g/mol. The van der Waals surface area contributed by atoms with Crippen molar-refractivity contribution in [3.63, 3.8) is 0 Å². The van der Waals surface area contributed by atoms with Gasteiger partial charge < -0.3 is 0 Å². The van der Waals surface area contributed by atoms with E-state index in [9.17, 15) is 0 Å². The van der Waals surface area contributed by atoms with Gasteiger partial charge in [-0.3, -0.25) is 0 Å². The summed E-state index contributed by atoms with van der Waals surface area (Å²) in [6.45, 7) is 0. The first-order chi connectivity index (χ1) is 14.7. The van der Waals surface area contributed by atoms with Crippen LogP contribution in [0.15, 0.2) is 0 Å². The smallest absolute Gasteiger partial charge is 0.0106 e. The fourth-order valence-electron chi connectivity index (χ4n) is 20.7. The third-order valence-electron chi connectivity index (χ3n) is 18.4. The molecule has 30 heavy (non-hydrogen) atoms. The molecule has 19 atom stereocenters. The second-order valence-corrected chi connectivity index (χ2v) is 16.7. The van der Waals surface area contributed by atoms with Crippen LogP contribution in [-0.2, 0) is 0 Å². The highest BCUT2D eigenvalue weighted by Crippen LogP contribution is 3.09. The van der Waals surface area contributed by atoms with Gasteiger partial charge in [0.15, 0.2) is 0 Å². The Morgan fingerprint density at radius 2 is 1.13 bits per heavy atom. The van der Waals surface area contributed by atoms with Crippen molar-refractivity contribution in [2.45, 2.75) is 70.6 Å². The van der Waals surface area contributed by atoms with Crippen molar-refractivity contribution in [1.29, 1.82) is 0 Å². The molecule has 19 rings (SSSR count). The fourth-order valence-corrected chi connectivity index (χ4v) is 20.7. The Morgan fingerprint density at radius 1 is 0.400 bits per heavy atom. The summed E-state index contributed by atoms with van der Waals surface area (Å²) in [5.74, 6) is 17.4. The molecule has 0 aliphatic heterocycles. The minimum absolute atomic E-state index is 0.919. The summed E-state index contributed by atoms with van der Waals surface area (Å²) in [4.78, 5) is 0. The molecule has 5 spiro atoms. The maximum atomic E-state index is 1.81. The predicted molar refractivity (Wildman–Crippen MR) is 112 cm³/mol. The molecule has 19 aliphatic rings. The second-order valence-electron chi connectivity index (χ2n) is 16.7. The minimum atomic E-state index is 0.919. The molecule has 0 aromatic carbocycles. The van der Waals surface area contributed by atoms with Crippen molar-refractivity contribution < 1.29 is 0 Å². The van der Waals surface area contributed by atoms with Crippen LogP contribution in [0.2, 0.25) is 0 Å². The molecule has 19 fully saturated rings. The third kappa shape index (κ3) is 0.768. The van der Waals surface area contributed by atoms with Crippen molar-refractivity contribution >= 4 is 0 Å². The molecule has 0 saturated heterocycles. The molecule has 156 valence electrons. The van der Waals surface area contributed by atoms with E-state index >= 15 is 0 Å². The Labute approximate surface area is 180 Å². The van der Waals surface area contributed by atoms with E-state index in [1.165, 1.54) is 82.9 Å². The lowest BCUT2D eigenvalue weighted by Crippen LogP contribution is -3.02. The van der Waals surface area contributed by atoms with E-state index in [1.54, 1.807) is 64.2 Å². The summed E-state index contributed by atoms with van der Waals surface area (Å²) in [6.07, 6.45) is 19.4. The number of hydrogen-bond acceptors (Lipinski definition) is 0. The first-order valence-corrected chi connectivity index (χ1v) is 14.7. The van der Waals surface area contributed by atoms with Crippen LogP contribution in [0, 0.1) is 110 Å². The summed E-state index contributed by atoms with van der Waals surface area (Å²) in [7, 11) is 0. The Hall–Kier alpha value is 0. The topological polar surface area (TPSA) is 0 Å². The van der Waals surface area contributed by atoms with Crippen LogP contribution >= 0.6 is 0 Å². The van der Waals surface area contributed by atoms with E-state index in [4.69, 9.17) is 0 Å². The molecule has 0 aromatic rings. The highest BCUT2D eigenvalue weighted by atomic mass is 15.1. The summed E-state index contributed by atoms with van der Waals surface area (Å²) >= 11 is 0. The number of hydrogen-bond donors (Lipinski definition) is 0. The molecule has 19 unspecified atom stereocenters. The zero-order valence-electron chi connectivity index (χ0n) is 18.4. The van der Waals surface area contributed by atoms with Gasteiger partial charge in [-0.1, -0.05) is 0 Å². The SMILES string of the molecule is C1C2CC3C4CC56C7CC8CC9C7CC7C%10C%11CC%12CC9%10C5(C8)C3(C%12)C%11(C2)C(C14)C76. The van der Waals surface area contributed by atoms with Crippen LogP contribution in [-0.4, -0.2) is 0 Å². The van der Waals surface area contributed by atoms with Gasteiger partial charge in [0.2, 0.25) is 0 Å². The molecule has 0 heteroatoms. The van der Waals surface area contributed by atoms with E-state index in [-0.39, 0.29) is 0 Å². The van der Waals surface area contributed by atoms with E-state index < -0.39 is 0 Å². The fraction of sp³-hybridized carbons (Fsp3) is 1.00. The van der Waals surface area contributed by atoms with Gasteiger partial charge in [-0.2, -0.15) is 0 Å². The van der Waals surface area contributed by atoms with Gasteiger partial charge >= 0.3 is 0 Å². The lowest BCUT2D eigenvalue weighted by atomic mass is 8.97. The second kappa shape index (κ2) is 3.30. The average Bonchev–Trinajstić information content (AvgIpc) is 2.75. The molecular weight excluding hydrogens is 360 g/mol. The summed E-state index contributed by atoms with van der Waals surface area (Å²) in [6, 6.07) is 0. The minimum Gasteiger partial charge on any atom is -0.0470 e. The van der Waals surface area contributed by atoms with Gasteiger partial charge in [0, 0.05) is 0 Å². The Balaban J connectivity index is 1.32. The molecule has 0 N–H and O–H groups in total. The van der Waals surface area contributed by atoms with Gasteiger partial charge in [0.05, 0.1) is 0 Å². The first-order valence-electron chi connectivity index (χ1n) is 14.7. The zero-order valence-corrected chi connectivity index (χ0v) is 18.4. The molecule has 0 heterocycles. The number of rotatable bonds is 0. The first kappa shape index (κ1) is 14.3. The van der Waals surface area contributed by atoms with Crippen LogP contribution in [0.25, 0.3) is 0 Å². The predicted octanol–water partition coefficient (Wildman–Crippen LogP) is 6.01. The normalized spacial score (nSPS) is 91.2. The highest BCUT2D eigenvalue weighted by Gasteiger charge is 3.04. The lowest BCUT2D eigenvalue weighted by Gasteiger charge is -3.07. The van der Waals surface area contributed by atoms with Crippen molar-refractivity contribution in [2.24, 2.45) is 110 Å². The Morgan fingerprint density at radius 3 is 2.07 bits per heavy atom. The van der Waals surface area contributed by atoms with Gasteiger partial charge in [-0.05, 0) is 181 Å². The lowest BCUT2D eigenvalue weighted by molar-refractivity contribution is -0.600. The quantitative estimate of drug-likeness (QED) is 0.470. The largest absolute Gasteiger partial charge is 0.0470 e. The van der Waals surface area contributed by atoms with Crippen LogP contribution in [0.1, 0.15) is 70.6 Å². The molecule has 0 amide bonds. The van der Waals surface area contributed by atoms with Gasteiger partial charge in [0.1, 0.15) is 0 Å². The Bertz CT molecular complexity index is 1060. The summed E-state index contributed by atoms with van der Waals surface area (Å²) in [5.41, 5.74) is 4.61. The van der Waals surface area contributed by atoms with Crippen LogP contribution < -0.4 is 0 Å². The average molecular weight is 397 g/mol. The Kier molecular flexibility index (Phi) is 1.57. The van der Waals surface area contributed by atoms with Crippen LogP contribution in [0.3, 0.4) is 0 Å². The van der Waals surface area contributed by atoms with Crippen molar-refractivity contribution in [2.75, 3.05) is 0 Å². The summed E-state index contributed by atoms with van der Waals surface area (Å²) < 4.78 is 0. The molecule has 19 aliphatic carbocycles. The molecular formula is C30H36. The van der Waals surface area contributed by atoms with Gasteiger partial charge in [0.25, 0.3) is 0 Å². The summed E-state index contributed by atoms with van der Waals surface area (Å²) in [5, 5.41) is 0. The zero-order chi connectivity index (χ0) is 18.4. The van der Waals surface area contributed by atoms with E-state index in [1.807, 2.05) is 6.42 Å². The third-order valence-corrected chi connectivity index (χ3v) is 18.4. The molecule has 0 radical (unpaired) electrons. The maximum absolute atomic E-state index is 1.81.